The van der Waals surface area contributed by atoms with Gasteiger partial charge in [-0.05, 0) is 5.57 Å². The fourth-order valence-electron chi connectivity index (χ4n) is 1.80. The van der Waals surface area contributed by atoms with Crippen molar-refractivity contribution in [3.05, 3.63) is 11.8 Å². The maximum absolute atomic E-state index is 11.6. The van der Waals surface area contributed by atoms with E-state index in [0.717, 1.165) is 5.57 Å². The summed E-state index contributed by atoms with van der Waals surface area (Å²) >= 11 is 1.35. The van der Waals surface area contributed by atoms with Crippen molar-refractivity contribution >= 4 is 23.6 Å². The van der Waals surface area contributed by atoms with Gasteiger partial charge in [-0.3, -0.25) is 4.79 Å². The van der Waals surface area contributed by atoms with E-state index < -0.39 is 22.8 Å². The molecule has 2 rings (SSSR count). The Kier molecular flexibility index (Phi) is 2.69. The lowest BCUT2D eigenvalue weighted by Crippen LogP contribution is -2.79. The minimum Gasteiger partial charge on any atom is -0.479 e. The minimum absolute atomic E-state index is 0.439. The molecule has 3 N–H and O–H groups in total. The summed E-state index contributed by atoms with van der Waals surface area (Å²) in [6.45, 7) is 0.439. The van der Waals surface area contributed by atoms with E-state index in [-0.39, 0.29) is 0 Å². The third-order valence-corrected chi connectivity index (χ3v) is 4.11. The van der Waals surface area contributed by atoms with Crippen LogP contribution in [0, 0.1) is 0 Å². The molecule has 0 aromatic heterocycles. The van der Waals surface area contributed by atoms with Gasteiger partial charge in [-0.2, -0.15) is 0 Å². The maximum atomic E-state index is 11.6. The Balaban J connectivity index is 2.19. The van der Waals surface area contributed by atoms with Gasteiger partial charge in [-0.15, -0.1) is 11.8 Å². The highest BCUT2D eigenvalue weighted by molar-refractivity contribution is 8.00. The van der Waals surface area contributed by atoms with Crippen LogP contribution in [0.15, 0.2) is 11.8 Å². The average Bonchev–Trinajstić information content (AvgIpc) is 2.27. The van der Waals surface area contributed by atoms with Crippen molar-refractivity contribution in [3.8, 4) is 0 Å². The van der Waals surface area contributed by atoms with Gasteiger partial charge < -0.3 is 20.5 Å². The lowest BCUT2D eigenvalue weighted by Gasteiger charge is -2.51. The molecular weight excluding hydrogens is 232 g/mol. The quantitative estimate of drug-likeness (QED) is 0.499. The number of ether oxygens (including phenoxy) is 1. The fraction of sp³-hybridized carbons (Fsp3) is 0.556. The van der Waals surface area contributed by atoms with Crippen LogP contribution < -0.4 is 5.73 Å². The van der Waals surface area contributed by atoms with Crippen molar-refractivity contribution in [1.29, 1.82) is 0 Å². The molecule has 7 heteroatoms. The van der Waals surface area contributed by atoms with E-state index in [0.29, 0.717) is 12.4 Å². The Bertz CT molecular complexity index is 384. The number of hydrogen-bond acceptors (Lipinski definition) is 5. The molecule has 2 heterocycles. The van der Waals surface area contributed by atoms with Crippen molar-refractivity contribution in [1.82, 2.24) is 4.90 Å². The number of methoxy groups -OCH3 is 1. The number of fused-ring (bicyclic) bond motifs is 1. The molecule has 1 unspecified atom stereocenters. The van der Waals surface area contributed by atoms with E-state index >= 15 is 0 Å². The van der Waals surface area contributed by atoms with E-state index in [2.05, 4.69) is 0 Å². The van der Waals surface area contributed by atoms with Crippen molar-refractivity contribution in [2.45, 2.75) is 10.9 Å². The van der Waals surface area contributed by atoms with Crippen LogP contribution in [-0.4, -0.2) is 52.3 Å². The highest BCUT2D eigenvalue weighted by Crippen LogP contribution is 2.41. The number of thioether (sulfide) groups is 1. The zero-order valence-corrected chi connectivity index (χ0v) is 9.49. The molecule has 88 valence electrons. The summed E-state index contributed by atoms with van der Waals surface area (Å²) in [6.07, 6.45) is 1.64. The summed E-state index contributed by atoms with van der Waals surface area (Å²) in [5.74, 6) is -1.20. The van der Waals surface area contributed by atoms with Gasteiger partial charge in [0.25, 0.3) is 5.91 Å². The average molecular weight is 244 g/mol. The molecule has 2 atom stereocenters. The maximum Gasteiger partial charge on any atom is 0.336 e. The fourth-order valence-corrected chi connectivity index (χ4v) is 3.11. The van der Waals surface area contributed by atoms with Crippen molar-refractivity contribution in [2.24, 2.45) is 5.73 Å². The Hall–Kier alpha value is -1.05. The summed E-state index contributed by atoms with van der Waals surface area (Å²) < 4.78 is 4.96. The number of amides is 1. The molecule has 2 aliphatic heterocycles. The predicted octanol–water partition coefficient (Wildman–Crippen LogP) is -0.786. The highest BCUT2D eigenvalue weighted by atomic mass is 32.2. The van der Waals surface area contributed by atoms with Crippen LogP contribution in [0.2, 0.25) is 0 Å². The van der Waals surface area contributed by atoms with Crippen LogP contribution in [0.25, 0.3) is 0 Å². The van der Waals surface area contributed by atoms with Gasteiger partial charge >= 0.3 is 5.97 Å². The van der Waals surface area contributed by atoms with Crippen LogP contribution in [0.1, 0.15) is 0 Å². The number of carboxylic acids is 1. The van der Waals surface area contributed by atoms with Crippen molar-refractivity contribution in [2.75, 3.05) is 19.5 Å². The molecule has 0 saturated carbocycles. The number of hydrogen-bond donors (Lipinski definition) is 2. The summed E-state index contributed by atoms with van der Waals surface area (Å²) in [7, 11) is 1.57. The monoisotopic (exact) mass is 244 g/mol. The number of aliphatic carboxylic acids is 1. The molecule has 0 aliphatic carbocycles. The highest BCUT2D eigenvalue weighted by Gasteiger charge is 2.64. The Morgan fingerprint density at radius 2 is 2.56 bits per heavy atom. The Morgan fingerprint density at radius 1 is 1.88 bits per heavy atom. The molecular formula is C9H12N2O4S. The topological polar surface area (TPSA) is 92.9 Å². The lowest BCUT2D eigenvalue weighted by molar-refractivity contribution is -0.164. The first-order valence-corrected chi connectivity index (χ1v) is 5.72. The van der Waals surface area contributed by atoms with E-state index in [1.165, 1.54) is 16.7 Å². The largest absolute Gasteiger partial charge is 0.479 e. The van der Waals surface area contributed by atoms with Gasteiger partial charge in [0.15, 0.2) is 0 Å². The first kappa shape index (κ1) is 11.4. The van der Waals surface area contributed by atoms with Gasteiger partial charge in [-0.25, -0.2) is 4.79 Å². The van der Waals surface area contributed by atoms with Gasteiger partial charge in [0.2, 0.25) is 5.54 Å². The molecule has 0 spiro atoms. The number of rotatable bonds is 3. The van der Waals surface area contributed by atoms with Gasteiger partial charge in [0.1, 0.15) is 5.37 Å². The summed E-state index contributed by atoms with van der Waals surface area (Å²) in [5.41, 5.74) is 4.78. The number of β-lactam (4-membered cyclic amide) rings is 1. The molecule has 0 aromatic rings. The van der Waals surface area contributed by atoms with Crippen LogP contribution in [0.3, 0.4) is 0 Å². The first-order valence-electron chi connectivity index (χ1n) is 4.67. The SMILES string of the molecule is COCC1=CN2C(=O)C(N)(C(=O)O)[C@@H]2SC1. The van der Waals surface area contributed by atoms with Crippen molar-refractivity contribution in [3.63, 3.8) is 0 Å². The first-order chi connectivity index (χ1) is 7.51. The number of carbonyl (C=O) groups is 2. The molecule has 1 saturated heterocycles. The standard InChI is InChI=1S/C9H12N2O4S/c1-15-3-5-2-11-6(12)9(10,8(13)14)7(11)16-4-5/h2,7H,3-4,10H2,1H3,(H,13,14)/t7-,9?/m0/s1. The normalized spacial score (nSPS) is 32.9. The van der Waals surface area contributed by atoms with Crippen LogP contribution in [0.5, 0.6) is 0 Å². The summed E-state index contributed by atoms with van der Waals surface area (Å²) in [6, 6.07) is 0. The number of nitrogens with zero attached hydrogens (tertiary/aromatic N) is 1. The van der Waals surface area contributed by atoms with Crippen LogP contribution >= 0.6 is 11.8 Å². The summed E-state index contributed by atoms with van der Waals surface area (Å²) in [5, 5.41) is 8.44. The van der Waals surface area contributed by atoms with E-state index in [1.807, 2.05) is 0 Å². The second-order valence-corrected chi connectivity index (χ2v) is 4.84. The van der Waals surface area contributed by atoms with Gasteiger partial charge in [0.05, 0.1) is 6.61 Å². The predicted molar refractivity (Wildman–Crippen MR) is 57.6 cm³/mol. The molecule has 0 radical (unpaired) electrons. The second kappa shape index (κ2) is 3.76. The molecule has 16 heavy (non-hydrogen) atoms. The third-order valence-electron chi connectivity index (χ3n) is 2.66. The zero-order chi connectivity index (χ0) is 11.9. The molecule has 6 nitrogen and oxygen atoms in total. The number of nitrogens with two attached hydrogens (primary N) is 1. The third kappa shape index (κ3) is 1.35. The van der Waals surface area contributed by atoms with Gasteiger partial charge in [-0.1, -0.05) is 0 Å². The molecule has 2 aliphatic rings. The van der Waals surface area contributed by atoms with Crippen molar-refractivity contribution < 1.29 is 19.4 Å². The molecule has 0 aromatic carbocycles. The zero-order valence-electron chi connectivity index (χ0n) is 8.67. The second-order valence-electron chi connectivity index (χ2n) is 3.77. The molecule has 0 bridgehead atoms. The Morgan fingerprint density at radius 3 is 3.12 bits per heavy atom. The lowest BCUT2D eigenvalue weighted by atomic mass is 9.89. The smallest absolute Gasteiger partial charge is 0.336 e. The number of carbonyl (C=O) groups excluding carboxylic acids is 1. The van der Waals surface area contributed by atoms with Gasteiger partial charge in [0, 0.05) is 19.1 Å². The van der Waals surface area contributed by atoms with E-state index in [1.54, 1.807) is 13.3 Å². The van der Waals surface area contributed by atoms with Crippen LogP contribution in [-0.2, 0) is 14.3 Å². The number of carboxylic acid groups (broad SMARTS) is 1. The molecule has 1 fully saturated rings. The molecule has 1 amide bonds. The van der Waals surface area contributed by atoms with E-state index in [9.17, 15) is 9.59 Å². The minimum atomic E-state index is -1.76. The van der Waals surface area contributed by atoms with E-state index in [4.69, 9.17) is 15.6 Å². The summed E-state index contributed by atoms with van der Waals surface area (Å²) in [4.78, 5) is 23.9. The Labute approximate surface area is 96.4 Å². The van der Waals surface area contributed by atoms with Crippen LogP contribution in [0.4, 0.5) is 0 Å².